The van der Waals surface area contributed by atoms with Gasteiger partial charge in [-0.25, -0.2) is 0 Å². The summed E-state index contributed by atoms with van der Waals surface area (Å²) in [5, 5.41) is 3.62. The Morgan fingerprint density at radius 1 is 0.947 bits per heavy atom. The second kappa shape index (κ2) is 6.58. The lowest BCUT2D eigenvalue weighted by Crippen LogP contribution is -2.41. The third-order valence-corrected chi connectivity index (χ3v) is 6.02. The fourth-order valence-electron chi connectivity index (χ4n) is 4.62. The molecule has 0 aromatic heterocycles. The predicted molar refractivity (Wildman–Crippen MR) is 81.5 cm³/mol. The second-order valence-corrected chi connectivity index (χ2v) is 7.34. The van der Waals surface area contributed by atoms with Crippen molar-refractivity contribution in [3.8, 4) is 0 Å². The monoisotopic (exact) mass is 264 g/mol. The molecule has 1 atom stereocenters. The first-order chi connectivity index (χ1) is 9.36. The smallest absolute Gasteiger partial charge is 0.00680 e. The Morgan fingerprint density at radius 2 is 1.74 bits per heavy atom. The third-order valence-electron chi connectivity index (χ3n) is 6.02. The van der Waals surface area contributed by atoms with Gasteiger partial charge in [0.2, 0.25) is 0 Å². The van der Waals surface area contributed by atoms with Crippen molar-refractivity contribution in [1.82, 2.24) is 10.2 Å². The summed E-state index contributed by atoms with van der Waals surface area (Å²) in [6, 6.07) is 0.842. The highest BCUT2D eigenvalue weighted by Gasteiger charge is 2.35. The molecule has 1 spiro atoms. The highest BCUT2D eigenvalue weighted by molar-refractivity contribution is 4.88. The highest BCUT2D eigenvalue weighted by Crippen LogP contribution is 2.44. The summed E-state index contributed by atoms with van der Waals surface area (Å²) in [7, 11) is 0. The number of nitrogens with zero attached hydrogens (tertiary/aromatic N) is 1. The van der Waals surface area contributed by atoms with Crippen LogP contribution in [0.1, 0.15) is 70.6 Å². The van der Waals surface area contributed by atoms with Crippen molar-refractivity contribution < 1.29 is 0 Å². The van der Waals surface area contributed by atoms with Gasteiger partial charge in [-0.1, -0.05) is 19.3 Å². The van der Waals surface area contributed by atoms with Crippen molar-refractivity contribution in [1.29, 1.82) is 0 Å². The summed E-state index contributed by atoms with van der Waals surface area (Å²) >= 11 is 0. The maximum atomic E-state index is 3.62. The third kappa shape index (κ3) is 3.72. The molecule has 3 fully saturated rings. The molecule has 110 valence electrons. The van der Waals surface area contributed by atoms with E-state index in [2.05, 4.69) is 10.2 Å². The van der Waals surface area contributed by atoms with Crippen LogP contribution in [-0.4, -0.2) is 37.1 Å². The molecule has 2 heterocycles. The van der Waals surface area contributed by atoms with Gasteiger partial charge in [-0.2, -0.15) is 0 Å². The highest BCUT2D eigenvalue weighted by atomic mass is 15.1. The summed E-state index contributed by atoms with van der Waals surface area (Å²) in [5.41, 5.74) is 0.780. The standard InChI is InChI=1S/C17H32N2/c1-2-8-17(9-3-1)10-14-19(15-11-17)13-5-7-16-6-4-12-18-16/h16,18H,1-15H2. The zero-order chi connectivity index (χ0) is 13.0. The fourth-order valence-corrected chi connectivity index (χ4v) is 4.62. The van der Waals surface area contributed by atoms with E-state index in [1.807, 2.05) is 0 Å². The first-order valence-corrected chi connectivity index (χ1v) is 8.82. The van der Waals surface area contributed by atoms with E-state index in [1.54, 1.807) is 0 Å². The Hall–Kier alpha value is -0.0800. The van der Waals surface area contributed by atoms with Crippen molar-refractivity contribution in [3.63, 3.8) is 0 Å². The molecule has 0 aromatic rings. The van der Waals surface area contributed by atoms with Gasteiger partial charge in [0.15, 0.2) is 0 Å². The number of piperidine rings is 1. The van der Waals surface area contributed by atoms with Crippen LogP contribution in [0.4, 0.5) is 0 Å². The van der Waals surface area contributed by atoms with E-state index in [0.29, 0.717) is 0 Å². The molecule has 2 heteroatoms. The Balaban J connectivity index is 1.33. The van der Waals surface area contributed by atoms with E-state index < -0.39 is 0 Å². The number of hydrogen-bond donors (Lipinski definition) is 1. The fraction of sp³-hybridized carbons (Fsp3) is 1.00. The zero-order valence-electron chi connectivity index (χ0n) is 12.6. The van der Waals surface area contributed by atoms with E-state index in [9.17, 15) is 0 Å². The summed E-state index contributed by atoms with van der Waals surface area (Å²) in [5.74, 6) is 0. The van der Waals surface area contributed by atoms with Gasteiger partial charge in [-0.15, -0.1) is 0 Å². The number of nitrogens with one attached hydrogen (secondary N) is 1. The van der Waals surface area contributed by atoms with Gasteiger partial charge in [0.05, 0.1) is 0 Å². The van der Waals surface area contributed by atoms with E-state index in [1.165, 1.54) is 96.8 Å². The quantitative estimate of drug-likeness (QED) is 0.835. The zero-order valence-corrected chi connectivity index (χ0v) is 12.6. The van der Waals surface area contributed by atoms with Gasteiger partial charge >= 0.3 is 0 Å². The lowest BCUT2D eigenvalue weighted by Gasteiger charge is -2.44. The molecule has 1 aliphatic carbocycles. The molecular weight excluding hydrogens is 232 g/mol. The van der Waals surface area contributed by atoms with Crippen LogP contribution in [0.3, 0.4) is 0 Å². The SMILES string of the molecule is C1CCC2(CC1)CCN(CCCC1CCCN1)CC2. The molecule has 2 nitrogen and oxygen atoms in total. The molecule has 1 unspecified atom stereocenters. The first kappa shape index (κ1) is 13.9. The number of rotatable bonds is 4. The molecule has 0 aromatic carbocycles. The Kier molecular flexibility index (Phi) is 4.81. The summed E-state index contributed by atoms with van der Waals surface area (Å²) in [4.78, 5) is 2.74. The Labute approximate surface area is 119 Å². The van der Waals surface area contributed by atoms with Crippen LogP contribution in [0, 0.1) is 5.41 Å². The minimum absolute atomic E-state index is 0.780. The summed E-state index contributed by atoms with van der Waals surface area (Å²) < 4.78 is 0. The average Bonchev–Trinajstić information content (AvgIpc) is 2.96. The molecule has 0 amide bonds. The number of likely N-dealkylation sites (tertiary alicyclic amines) is 1. The minimum Gasteiger partial charge on any atom is -0.314 e. The lowest BCUT2D eigenvalue weighted by atomic mass is 9.68. The van der Waals surface area contributed by atoms with E-state index in [4.69, 9.17) is 0 Å². The van der Waals surface area contributed by atoms with Crippen molar-refractivity contribution in [2.75, 3.05) is 26.2 Å². The van der Waals surface area contributed by atoms with Crippen molar-refractivity contribution in [3.05, 3.63) is 0 Å². The summed E-state index contributed by atoms with van der Waals surface area (Å²) in [6.07, 6.45) is 16.2. The van der Waals surface area contributed by atoms with Crippen LogP contribution in [0.2, 0.25) is 0 Å². The van der Waals surface area contributed by atoms with E-state index in [-0.39, 0.29) is 0 Å². The minimum atomic E-state index is 0.780. The predicted octanol–water partition coefficient (Wildman–Crippen LogP) is 3.56. The molecule has 0 bridgehead atoms. The second-order valence-electron chi connectivity index (χ2n) is 7.34. The number of hydrogen-bond acceptors (Lipinski definition) is 2. The van der Waals surface area contributed by atoms with Gasteiger partial charge < -0.3 is 10.2 Å². The van der Waals surface area contributed by atoms with Crippen LogP contribution in [0.5, 0.6) is 0 Å². The topological polar surface area (TPSA) is 15.3 Å². The van der Waals surface area contributed by atoms with Crippen LogP contribution in [0.25, 0.3) is 0 Å². The molecule has 3 aliphatic rings. The maximum absolute atomic E-state index is 3.62. The molecule has 2 aliphatic heterocycles. The summed E-state index contributed by atoms with van der Waals surface area (Å²) in [6.45, 7) is 5.39. The van der Waals surface area contributed by atoms with Gasteiger partial charge in [0, 0.05) is 6.04 Å². The molecule has 19 heavy (non-hydrogen) atoms. The lowest BCUT2D eigenvalue weighted by molar-refractivity contribution is 0.0667. The first-order valence-electron chi connectivity index (χ1n) is 8.82. The molecule has 3 rings (SSSR count). The molecule has 1 N–H and O–H groups in total. The Bertz CT molecular complexity index is 254. The van der Waals surface area contributed by atoms with Gasteiger partial charge in [0.25, 0.3) is 0 Å². The molecule has 0 radical (unpaired) electrons. The maximum Gasteiger partial charge on any atom is 0.00680 e. The molecule has 1 saturated carbocycles. The van der Waals surface area contributed by atoms with Crippen LogP contribution in [-0.2, 0) is 0 Å². The average molecular weight is 264 g/mol. The van der Waals surface area contributed by atoms with Crippen LogP contribution in [0.15, 0.2) is 0 Å². The van der Waals surface area contributed by atoms with Crippen molar-refractivity contribution in [2.45, 2.75) is 76.7 Å². The Morgan fingerprint density at radius 3 is 2.42 bits per heavy atom. The van der Waals surface area contributed by atoms with Gasteiger partial charge in [-0.3, -0.25) is 0 Å². The van der Waals surface area contributed by atoms with E-state index >= 15 is 0 Å². The molecule has 2 saturated heterocycles. The van der Waals surface area contributed by atoms with Crippen LogP contribution >= 0.6 is 0 Å². The largest absolute Gasteiger partial charge is 0.314 e. The van der Waals surface area contributed by atoms with Crippen molar-refractivity contribution >= 4 is 0 Å². The van der Waals surface area contributed by atoms with Gasteiger partial charge in [0.1, 0.15) is 0 Å². The van der Waals surface area contributed by atoms with Crippen LogP contribution < -0.4 is 5.32 Å². The normalized spacial score (nSPS) is 31.9. The van der Waals surface area contributed by atoms with Gasteiger partial charge in [-0.05, 0) is 83.0 Å². The molecular formula is C17H32N2. The van der Waals surface area contributed by atoms with E-state index in [0.717, 1.165) is 11.5 Å². The van der Waals surface area contributed by atoms with Crippen molar-refractivity contribution in [2.24, 2.45) is 5.41 Å².